The minimum absolute atomic E-state index is 0.610. The van der Waals surface area contributed by atoms with Gasteiger partial charge in [-0.25, -0.2) is 0 Å². The lowest BCUT2D eigenvalue weighted by Gasteiger charge is -2.13. The summed E-state index contributed by atoms with van der Waals surface area (Å²) in [6.07, 6.45) is 1.33. The summed E-state index contributed by atoms with van der Waals surface area (Å²) in [7, 11) is 3.60. The predicted octanol–water partition coefficient (Wildman–Crippen LogP) is 3.27. The van der Waals surface area contributed by atoms with Crippen molar-refractivity contribution in [2.24, 2.45) is 7.05 Å². The number of aryl methyl sites for hydroxylation is 1. The fourth-order valence-electron chi connectivity index (χ4n) is 2.47. The molecule has 0 fully saturated rings. The zero-order valence-electron chi connectivity index (χ0n) is 11.6. The second-order valence-corrected chi connectivity index (χ2v) is 4.92. The number of aliphatic hydroxyl groups is 1. The number of aromatic nitrogens is 1. The average molecular weight is 267 g/mol. The van der Waals surface area contributed by atoms with Gasteiger partial charge in [-0.05, 0) is 46.7 Å². The molecule has 3 aromatic rings. The molecule has 0 amide bonds. The van der Waals surface area contributed by atoms with Crippen molar-refractivity contribution < 1.29 is 9.84 Å². The van der Waals surface area contributed by atoms with E-state index in [4.69, 9.17) is 4.74 Å². The Morgan fingerprint density at radius 1 is 1.05 bits per heavy atom. The van der Waals surface area contributed by atoms with E-state index in [1.807, 2.05) is 66.3 Å². The van der Waals surface area contributed by atoms with Crippen LogP contribution in [0.4, 0.5) is 0 Å². The fourth-order valence-corrected chi connectivity index (χ4v) is 2.47. The molecule has 1 heterocycles. The number of nitrogens with zero attached hydrogens (tertiary/aromatic N) is 1. The molecule has 20 heavy (non-hydrogen) atoms. The lowest BCUT2D eigenvalue weighted by molar-refractivity contribution is 0.211. The van der Waals surface area contributed by atoms with Crippen LogP contribution in [0.15, 0.2) is 54.7 Å². The van der Waals surface area contributed by atoms with Gasteiger partial charge in [-0.1, -0.05) is 18.2 Å². The van der Waals surface area contributed by atoms with Crippen molar-refractivity contribution in [1.29, 1.82) is 0 Å². The first-order valence-electron chi connectivity index (χ1n) is 6.56. The van der Waals surface area contributed by atoms with Crippen LogP contribution in [-0.4, -0.2) is 16.8 Å². The number of ether oxygens (including phenoxy) is 1. The Kier molecular flexibility index (Phi) is 3.20. The third-order valence-electron chi connectivity index (χ3n) is 3.65. The monoisotopic (exact) mass is 267 g/mol. The van der Waals surface area contributed by atoms with Crippen molar-refractivity contribution in [3.63, 3.8) is 0 Å². The van der Waals surface area contributed by atoms with Crippen LogP contribution in [0.2, 0.25) is 0 Å². The van der Waals surface area contributed by atoms with Crippen LogP contribution >= 0.6 is 0 Å². The molecule has 2 aromatic carbocycles. The summed E-state index contributed by atoms with van der Waals surface area (Å²) in [4.78, 5) is 0. The third kappa shape index (κ3) is 2.17. The van der Waals surface area contributed by atoms with E-state index < -0.39 is 6.10 Å². The van der Waals surface area contributed by atoms with Crippen molar-refractivity contribution in [2.75, 3.05) is 7.11 Å². The summed E-state index contributed by atoms with van der Waals surface area (Å²) < 4.78 is 7.16. The number of fused-ring (bicyclic) bond motifs is 1. The Morgan fingerprint density at radius 3 is 2.50 bits per heavy atom. The summed E-state index contributed by atoms with van der Waals surface area (Å²) in [6.45, 7) is 0. The molecule has 0 aliphatic carbocycles. The Balaban J connectivity index is 2.03. The first kappa shape index (κ1) is 12.8. The van der Waals surface area contributed by atoms with Gasteiger partial charge >= 0.3 is 0 Å². The molecule has 1 atom stereocenters. The van der Waals surface area contributed by atoms with Gasteiger partial charge in [-0.15, -0.1) is 0 Å². The second kappa shape index (κ2) is 5.02. The minimum atomic E-state index is -0.610. The zero-order valence-corrected chi connectivity index (χ0v) is 11.6. The molecule has 0 bridgehead atoms. The molecule has 3 rings (SSSR count). The van der Waals surface area contributed by atoms with Crippen LogP contribution in [0, 0.1) is 0 Å². The van der Waals surface area contributed by atoms with Crippen LogP contribution in [0.3, 0.4) is 0 Å². The van der Waals surface area contributed by atoms with Crippen molar-refractivity contribution in [1.82, 2.24) is 4.57 Å². The number of methoxy groups -OCH3 is 1. The summed E-state index contributed by atoms with van der Waals surface area (Å²) in [5, 5.41) is 12.7. The van der Waals surface area contributed by atoms with Crippen molar-refractivity contribution in [3.05, 3.63) is 66.0 Å². The number of benzene rings is 2. The molecule has 1 aromatic heterocycles. The van der Waals surface area contributed by atoms with E-state index in [0.29, 0.717) is 0 Å². The van der Waals surface area contributed by atoms with Gasteiger partial charge in [0.1, 0.15) is 11.9 Å². The van der Waals surface area contributed by atoms with Gasteiger partial charge in [0.15, 0.2) is 0 Å². The van der Waals surface area contributed by atoms with Gasteiger partial charge in [0.2, 0.25) is 0 Å². The Bertz CT molecular complexity index is 746. The average Bonchev–Trinajstić information content (AvgIpc) is 2.91. The fraction of sp³-hybridized carbons (Fsp3) is 0.176. The molecule has 1 N–H and O–H groups in total. The van der Waals surface area contributed by atoms with Gasteiger partial charge in [0.25, 0.3) is 0 Å². The van der Waals surface area contributed by atoms with E-state index in [-0.39, 0.29) is 0 Å². The van der Waals surface area contributed by atoms with Crippen LogP contribution in [0.1, 0.15) is 17.4 Å². The first-order valence-corrected chi connectivity index (χ1v) is 6.56. The Hall–Kier alpha value is -2.26. The molecule has 0 spiro atoms. The topological polar surface area (TPSA) is 34.4 Å². The maximum atomic E-state index is 10.5. The molecular weight excluding hydrogens is 250 g/mol. The number of hydrogen-bond donors (Lipinski definition) is 1. The quantitative estimate of drug-likeness (QED) is 0.790. The molecule has 0 unspecified atom stereocenters. The number of hydrogen-bond acceptors (Lipinski definition) is 2. The standard InChI is InChI=1S/C17H17NO2/c1-18-9-3-4-16(18)17(19)14-6-5-13-11-15(20-2)8-7-12(13)10-14/h3-11,17,19H,1-2H3/t17-/m1/s1. The molecule has 0 radical (unpaired) electrons. The van der Waals surface area contributed by atoms with E-state index in [2.05, 4.69) is 0 Å². The molecule has 0 saturated carbocycles. The van der Waals surface area contributed by atoms with Gasteiger partial charge < -0.3 is 14.4 Å². The third-order valence-corrected chi connectivity index (χ3v) is 3.65. The van der Waals surface area contributed by atoms with Gasteiger partial charge in [-0.2, -0.15) is 0 Å². The van der Waals surface area contributed by atoms with Crippen LogP contribution in [0.5, 0.6) is 5.75 Å². The molecule has 0 aliphatic rings. The molecule has 0 aliphatic heterocycles. The van der Waals surface area contributed by atoms with Crippen LogP contribution in [0.25, 0.3) is 10.8 Å². The Labute approximate surface area is 118 Å². The van der Waals surface area contributed by atoms with Crippen LogP contribution < -0.4 is 4.74 Å². The SMILES string of the molecule is COc1ccc2cc([C@@H](O)c3cccn3C)ccc2c1. The number of rotatable bonds is 3. The number of aliphatic hydroxyl groups excluding tert-OH is 1. The predicted molar refractivity (Wildman–Crippen MR) is 80.0 cm³/mol. The smallest absolute Gasteiger partial charge is 0.119 e. The summed E-state index contributed by atoms with van der Waals surface area (Å²) in [5.41, 5.74) is 1.78. The molecule has 102 valence electrons. The van der Waals surface area contributed by atoms with Crippen molar-refractivity contribution in [2.45, 2.75) is 6.10 Å². The zero-order chi connectivity index (χ0) is 14.1. The maximum Gasteiger partial charge on any atom is 0.119 e. The summed E-state index contributed by atoms with van der Waals surface area (Å²) in [6, 6.07) is 15.8. The van der Waals surface area contributed by atoms with E-state index in [1.54, 1.807) is 7.11 Å². The second-order valence-electron chi connectivity index (χ2n) is 4.92. The lowest BCUT2D eigenvalue weighted by atomic mass is 10.0. The highest BCUT2D eigenvalue weighted by molar-refractivity contribution is 5.84. The normalized spacial score (nSPS) is 12.6. The van der Waals surface area contributed by atoms with Crippen LogP contribution in [-0.2, 0) is 7.05 Å². The maximum absolute atomic E-state index is 10.5. The largest absolute Gasteiger partial charge is 0.497 e. The minimum Gasteiger partial charge on any atom is -0.497 e. The highest BCUT2D eigenvalue weighted by Crippen LogP contribution is 2.27. The molecular formula is C17H17NO2. The van der Waals surface area contributed by atoms with Crippen molar-refractivity contribution >= 4 is 10.8 Å². The highest BCUT2D eigenvalue weighted by Gasteiger charge is 2.13. The van der Waals surface area contributed by atoms with Crippen molar-refractivity contribution in [3.8, 4) is 5.75 Å². The molecule has 0 saturated heterocycles. The van der Waals surface area contributed by atoms with Gasteiger partial charge in [0.05, 0.1) is 12.8 Å². The van der Waals surface area contributed by atoms with E-state index in [0.717, 1.165) is 27.8 Å². The Morgan fingerprint density at radius 2 is 1.80 bits per heavy atom. The summed E-state index contributed by atoms with van der Waals surface area (Å²) in [5.74, 6) is 0.841. The van der Waals surface area contributed by atoms with Gasteiger partial charge in [-0.3, -0.25) is 0 Å². The highest BCUT2D eigenvalue weighted by atomic mass is 16.5. The van der Waals surface area contributed by atoms with Gasteiger partial charge in [0, 0.05) is 13.2 Å². The first-order chi connectivity index (χ1) is 9.69. The van der Waals surface area contributed by atoms with E-state index >= 15 is 0 Å². The van der Waals surface area contributed by atoms with E-state index in [1.165, 1.54) is 0 Å². The lowest BCUT2D eigenvalue weighted by Crippen LogP contribution is -2.04. The summed E-state index contributed by atoms with van der Waals surface area (Å²) >= 11 is 0. The van der Waals surface area contributed by atoms with E-state index in [9.17, 15) is 5.11 Å². The molecule has 3 nitrogen and oxygen atoms in total. The molecule has 3 heteroatoms.